The summed E-state index contributed by atoms with van der Waals surface area (Å²) in [6, 6.07) is 3.66. The Labute approximate surface area is 200 Å². The lowest BCUT2D eigenvalue weighted by Crippen LogP contribution is -2.29. The van der Waals surface area contributed by atoms with Gasteiger partial charge < -0.3 is 19.3 Å². The maximum Gasteiger partial charge on any atom is 0.217 e. The summed E-state index contributed by atoms with van der Waals surface area (Å²) in [7, 11) is 0. The SMILES string of the molecule is CCCc1cn(CC(=O)c2cc(C(C)(C)C)c(O)c(C(C)(C)C)c2)/c(=N\Br)n1CCCO. The minimum Gasteiger partial charge on any atom is -0.507 e. The number of benzene rings is 1. The summed E-state index contributed by atoms with van der Waals surface area (Å²) in [6.07, 6.45) is 4.44. The molecule has 0 aliphatic carbocycles. The number of aromatic hydroxyl groups is 1. The molecule has 0 saturated carbocycles. The smallest absolute Gasteiger partial charge is 0.217 e. The second-order valence-electron chi connectivity index (χ2n) is 10.5. The molecule has 0 aliphatic rings. The van der Waals surface area contributed by atoms with Crippen molar-refractivity contribution < 1.29 is 15.0 Å². The van der Waals surface area contributed by atoms with Gasteiger partial charge in [-0.3, -0.25) is 4.79 Å². The molecule has 7 heteroatoms. The molecule has 0 amide bonds. The molecule has 6 nitrogen and oxygen atoms in total. The van der Waals surface area contributed by atoms with Gasteiger partial charge >= 0.3 is 0 Å². The Balaban J connectivity index is 2.56. The van der Waals surface area contributed by atoms with Gasteiger partial charge in [0, 0.05) is 41.7 Å². The van der Waals surface area contributed by atoms with Gasteiger partial charge in [0.1, 0.15) is 5.75 Å². The zero-order valence-corrected chi connectivity index (χ0v) is 22.1. The van der Waals surface area contributed by atoms with Crippen LogP contribution in [0.2, 0.25) is 0 Å². The van der Waals surface area contributed by atoms with Crippen molar-refractivity contribution >= 4 is 21.9 Å². The van der Waals surface area contributed by atoms with E-state index in [-0.39, 0.29) is 35.5 Å². The molecular formula is C25H38BrN3O3. The Hall–Kier alpha value is -1.86. The fourth-order valence-corrected chi connectivity index (χ4v) is 4.31. The van der Waals surface area contributed by atoms with E-state index < -0.39 is 0 Å². The van der Waals surface area contributed by atoms with Crippen molar-refractivity contribution in [3.63, 3.8) is 0 Å². The van der Waals surface area contributed by atoms with Crippen LogP contribution in [0.3, 0.4) is 0 Å². The molecule has 0 radical (unpaired) electrons. The van der Waals surface area contributed by atoms with Crippen LogP contribution >= 0.6 is 16.1 Å². The van der Waals surface area contributed by atoms with Crippen molar-refractivity contribution in [2.45, 2.75) is 91.6 Å². The van der Waals surface area contributed by atoms with Gasteiger partial charge in [-0.15, -0.1) is 0 Å². The summed E-state index contributed by atoms with van der Waals surface area (Å²) in [6.45, 7) is 15.2. The number of carbonyl (C=O) groups excluding carboxylic acids is 1. The topological polar surface area (TPSA) is 79.8 Å². The molecule has 0 spiro atoms. The summed E-state index contributed by atoms with van der Waals surface area (Å²) in [5, 5.41) is 20.2. The first-order valence-electron chi connectivity index (χ1n) is 11.3. The molecule has 0 atom stereocenters. The minimum atomic E-state index is -0.300. The van der Waals surface area contributed by atoms with E-state index in [0.29, 0.717) is 24.1 Å². The number of phenols is 1. The van der Waals surface area contributed by atoms with Gasteiger partial charge in [0.05, 0.1) is 22.7 Å². The van der Waals surface area contributed by atoms with E-state index in [9.17, 15) is 15.0 Å². The summed E-state index contributed by atoms with van der Waals surface area (Å²) in [5.41, 5.74) is 3.28. The van der Waals surface area contributed by atoms with Gasteiger partial charge in [0.2, 0.25) is 5.62 Å². The number of phenolic OH excluding ortho intramolecular Hbond substituents is 1. The molecule has 2 aromatic rings. The number of aryl methyl sites for hydroxylation is 1. The van der Waals surface area contributed by atoms with Gasteiger partial charge in [-0.05, 0) is 35.8 Å². The van der Waals surface area contributed by atoms with Crippen LogP contribution in [0.25, 0.3) is 0 Å². The highest BCUT2D eigenvalue weighted by atomic mass is 79.9. The zero-order valence-electron chi connectivity index (χ0n) is 20.5. The number of carbonyl (C=O) groups is 1. The first kappa shape index (κ1) is 26.4. The van der Waals surface area contributed by atoms with E-state index in [4.69, 9.17) is 0 Å². The van der Waals surface area contributed by atoms with Crippen LogP contribution in [-0.2, 0) is 30.3 Å². The van der Waals surface area contributed by atoms with Gasteiger partial charge in [0.25, 0.3) is 0 Å². The van der Waals surface area contributed by atoms with E-state index in [1.165, 1.54) is 0 Å². The van der Waals surface area contributed by atoms with E-state index >= 15 is 0 Å². The number of aromatic nitrogens is 2. The fraction of sp³-hybridized carbons (Fsp3) is 0.600. The van der Waals surface area contributed by atoms with Crippen LogP contribution in [0.5, 0.6) is 5.75 Å². The Morgan fingerprint density at radius 2 is 1.66 bits per heavy atom. The molecule has 0 saturated heterocycles. The number of rotatable bonds is 8. The maximum atomic E-state index is 13.4. The van der Waals surface area contributed by atoms with Gasteiger partial charge in [-0.1, -0.05) is 54.9 Å². The molecule has 1 aromatic carbocycles. The van der Waals surface area contributed by atoms with Crippen molar-refractivity contribution in [1.29, 1.82) is 0 Å². The van der Waals surface area contributed by atoms with E-state index in [2.05, 4.69) is 31.7 Å². The second-order valence-corrected chi connectivity index (χ2v) is 10.8. The number of aliphatic hydroxyl groups is 1. The highest BCUT2D eigenvalue weighted by Crippen LogP contribution is 2.39. The molecule has 0 fully saturated rings. The predicted molar refractivity (Wildman–Crippen MR) is 132 cm³/mol. The number of Topliss-reactive ketones (excluding diaryl/α,β-unsaturated/α-hetero) is 1. The molecule has 0 aliphatic heterocycles. The molecule has 32 heavy (non-hydrogen) atoms. The second kappa shape index (κ2) is 10.4. The first-order valence-corrected chi connectivity index (χ1v) is 12.0. The molecule has 178 valence electrons. The number of ketones is 1. The highest BCUT2D eigenvalue weighted by Gasteiger charge is 2.28. The number of nitrogens with zero attached hydrogens (tertiary/aromatic N) is 3. The van der Waals surface area contributed by atoms with Crippen molar-refractivity contribution in [2.24, 2.45) is 4.02 Å². The number of imidazole rings is 1. The van der Waals surface area contributed by atoms with Crippen LogP contribution in [0.1, 0.15) is 88.5 Å². The van der Waals surface area contributed by atoms with Gasteiger partial charge in [-0.2, -0.15) is 4.02 Å². The first-order chi connectivity index (χ1) is 14.8. The summed E-state index contributed by atoms with van der Waals surface area (Å²) < 4.78 is 8.18. The van der Waals surface area contributed by atoms with Crippen LogP contribution in [0.15, 0.2) is 22.3 Å². The number of halogens is 1. The summed E-state index contributed by atoms with van der Waals surface area (Å²) in [5.74, 6) is 0.233. The van der Waals surface area contributed by atoms with Crippen LogP contribution < -0.4 is 5.62 Å². The van der Waals surface area contributed by atoms with Crippen LogP contribution in [0.4, 0.5) is 0 Å². The third-order valence-electron chi connectivity index (χ3n) is 5.63. The van der Waals surface area contributed by atoms with E-state index in [1.54, 1.807) is 0 Å². The van der Waals surface area contributed by atoms with Crippen molar-refractivity contribution in [2.75, 3.05) is 6.61 Å². The normalized spacial score (nSPS) is 13.1. The molecular weight excluding hydrogens is 470 g/mol. The van der Waals surface area contributed by atoms with Crippen molar-refractivity contribution in [3.05, 3.63) is 46.3 Å². The lowest BCUT2D eigenvalue weighted by atomic mass is 9.78. The van der Waals surface area contributed by atoms with Gasteiger partial charge in [0.15, 0.2) is 5.78 Å². The molecule has 0 unspecified atom stereocenters. The predicted octanol–water partition coefficient (Wildman–Crippen LogP) is 5.02. The molecule has 2 rings (SSSR count). The summed E-state index contributed by atoms with van der Waals surface area (Å²) >= 11 is 3.22. The minimum absolute atomic E-state index is 0.0363. The van der Waals surface area contributed by atoms with Crippen LogP contribution in [0, 0.1) is 0 Å². The lowest BCUT2D eigenvalue weighted by Gasteiger charge is -2.28. The average molecular weight is 509 g/mol. The monoisotopic (exact) mass is 507 g/mol. The van der Waals surface area contributed by atoms with Crippen LogP contribution in [-0.4, -0.2) is 31.7 Å². The maximum absolute atomic E-state index is 13.4. The average Bonchev–Trinajstić information content (AvgIpc) is 3.00. The molecule has 0 bridgehead atoms. The molecule has 1 aromatic heterocycles. The third-order valence-corrected chi connectivity index (χ3v) is 5.95. The number of aliphatic hydroxyl groups excluding tert-OH is 1. The molecule has 1 heterocycles. The quantitative estimate of drug-likeness (QED) is 0.492. The zero-order chi connectivity index (χ0) is 24.3. The number of hydrogen-bond donors (Lipinski definition) is 2. The fourth-order valence-electron chi connectivity index (χ4n) is 3.91. The highest BCUT2D eigenvalue weighted by molar-refractivity contribution is 9.08. The van der Waals surface area contributed by atoms with Crippen molar-refractivity contribution in [1.82, 2.24) is 9.13 Å². The van der Waals surface area contributed by atoms with E-state index in [1.807, 2.05) is 64.4 Å². The third kappa shape index (κ3) is 5.93. The Kier molecular flexibility index (Phi) is 8.56. The van der Waals surface area contributed by atoms with E-state index in [0.717, 1.165) is 29.7 Å². The van der Waals surface area contributed by atoms with Gasteiger partial charge in [-0.25, -0.2) is 0 Å². The Morgan fingerprint density at radius 3 is 2.09 bits per heavy atom. The number of hydrogen-bond acceptors (Lipinski definition) is 4. The van der Waals surface area contributed by atoms with Crippen molar-refractivity contribution in [3.8, 4) is 5.75 Å². The standard InChI is InChI=1S/C25H38BrN3O3/c1-8-10-18-15-28(23(27-26)29(18)11-9-12-30)16-21(31)17-13-19(24(2,3)4)22(32)20(14-17)25(5,6)7/h13-15,30,32H,8-12,16H2,1-7H3/b27-23+. The Morgan fingerprint density at radius 1 is 1.09 bits per heavy atom. The summed E-state index contributed by atoms with van der Waals surface area (Å²) in [4.78, 5) is 13.4. The lowest BCUT2D eigenvalue weighted by molar-refractivity contribution is 0.0970. The Bertz CT molecular complexity index is 986. The largest absolute Gasteiger partial charge is 0.507 e. The molecule has 2 N–H and O–H groups in total.